The number of phenols is 1. The maximum atomic E-state index is 9.76. The van der Waals surface area contributed by atoms with Gasteiger partial charge in [-0.1, -0.05) is 73.7 Å². The minimum absolute atomic E-state index is 0.263. The molecule has 2 N–H and O–H groups in total. The average molecular weight is 374 g/mol. The molecular weight excluding hydrogens is 342 g/mol. The first-order valence-electron chi connectivity index (χ1n) is 10.3. The second-order valence-electron chi connectivity index (χ2n) is 7.44. The van der Waals surface area contributed by atoms with Crippen molar-refractivity contribution in [3.8, 4) is 5.75 Å². The van der Waals surface area contributed by atoms with Crippen LogP contribution in [0, 0.1) is 0 Å². The second kappa shape index (κ2) is 10.1. The van der Waals surface area contributed by atoms with E-state index in [0.29, 0.717) is 11.7 Å². The molecule has 0 bridgehead atoms. The van der Waals surface area contributed by atoms with Crippen molar-refractivity contribution in [2.24, 2.45) is 0 Å². The van der Waals surface area contributed by atoms with Crippen LogP contribution in [0.3, 0.4) is 0 Å². The summed E-state index contributed by atoms with van der Waals surface area (Å²) < 4.78 is 0. The lowest BCUT2D eigenvalue weighted by molar-refractivity contribution is 0.474. The molecule has 146 valence electrons. The number of nitrogens with one attached hydrogen (secondary N) is 1. The van der Waals surface area contributed by atoms with Gasteiger partial charge in [0.05, 0.1) is 0 Å². The molecule has 0 fully saturated rings. The molecule has 0 aliphatic heterocycles. The molecule has 2 atom stereocenters. The summed E-state index contributed by atoms with van der Waals surface area (Å²) >= 11 is 0. The van der Waals surface area contributed by atoms with Gasteiger partial charge in [0.25, 0.3) is 0 Å². The summed E-state index contributed by atoms with van der Waals surface area (Å²) in [4.78, 5) is 0. The highest BCUT2D eigenvalue weighted by atomic mass is 16.3. The lowest BCUT2D eigenvalue weighted by atomic mass is 9.76. The minimum Gasteiger partial charge on any atom is -0.508 e. The number of aryl methyl sites for hydroxylation is 1. The van der Waals surface area contributed by atoms with Gasteiger partial charge in [0.15, 0.2) is 0 Å². The zero-order chi connectivity index (χ0) is 19.8. The molecule has 0 spiro atoms. The first-order valence-corrected chi connectivity index (χ1v) is 10.3. The topological polar surface area (TPSA) is 32.3 Å². The van der Waals surface area contributed by atoms with Crippen LogP contribution in [0.2, 0.25) is 0 Å². The zero-order valence-electron chi connectivity index (χ0n) is 16.9. The Morgan fingerprint density at radius 3 is 1.96 bits per heavy atom. The van der Waals surface area contributed by atoms with Gasteiger partial charge in [0.1, 0.15) is 5.75 Å². The van der Waals surface area contributed by atoms with E-state index in [-0.39, 0.29) is 5.92 Å². The first kappa shape index (κ1) is 20.2. The lowest BCUT2D eigenvalue weighted by Gasteiger charge is -2.28. The van der Waals surface area contributed by atoms with Crippen molar-refractivity contribution in [2.75, 3.05) is 13.6 Å². The Hall–Kier alpha value is -2.58. The predicted molar refractivity (Wildman–Crippen MR) is 118 cm³/mol. The summed E-state index contributed by atoms with van der Waals surface area (Å²) in [6.07, 6.45) is 3.30. The highest BCUT2D eigenvalue weighted by molar-refractivity contribution is 5.41. The number of phenolic OH excluding ortho intramolecular Hbond substituents is 1. The van der Waals surface area contributed by atoms with Crippen LogP contribution in [-0.4, -0.2) is 18.7 Å². The zero-order valence-corrected chi connectivity index (χ0v) is 16.9. The van der Waals surface area contributed by atoms with Crippen LogP contribution >= 0.6 is 0 Å². The van der Waals surface area contributed by atoms with Gasteiger partial charge in [0.2, 0.25) is 0 Å². The smallest absolute Gasteiger partial charge is 0.115 e. The van der Waals surface area contributed by atoms with E-state index in [1.807, 2.05) is 7.05 Å². The van der Waals surface area contributed by atoms with E-state index in [1.54, 1.807) is 12.1 Å². The van der Waals surface area contributed by atoms with E-state index in [9.17, 15) is 5.11 Å². The molecule has 0 amide bonds. The maximum Gasteiger partial charge on any atom is 0.115 e. The van der Waals surface area contributed by atoms with Crippen molar-refractivity contribution in [3.05, 3.63) is 101 Å². The van der Waals surface area contributed by atoms with Crippen LogP contribution in [0.25, 0.3) is 0 Å². The van der Waals surface area contributed by atoms with Crippen molar-refractivity contribution < 1.29 is 5.11 Å². The largest absolute Gasteiger partial charge is 0.508 e. The van der Waals surface area contributed by atoms with Crippen molar-refractivity contribution in [3.63, 3.8) is 0 Å². The normalized spacial score (nSPS) is 13.2. The maximum absolute atomic E-state index is 9.76. The van der Waals surface area contributed by atoms with Gasteiger partial charge >= 0.3 is 0 Å². The third-order valence-corrected chi connectivity index (χ3v) is 5.55. The van der Waals surface area contributed by atoms with Crippen LogP contribution < -0.4 is 5.32 Å². The Labute approximate surface area is 169 Å². The van der Waals surface area contributed by atoms with Crippen LogP contribution in [0.15, 0.2) is 78.9 Å². The van der Waals surface area contributed by atoms with Gasteiger partial charge in [0, 0.05) is 5.92 Å². The van der Waals surface area contributed by atoms with Crippen molar-refractivity contribution >= 4 is 0 Å². The number of rotatable bonds is 9. The van der Waals surface area contributed by atoms with Crippen LogP contribution in [-0.2, 0) is 6.42 Å². The van der Waals surface area contributed by atoms with E-state index in [4.69, 9.17) is 0 Å². The van der Waals surface area contributed by atoms with E-state index < -0.39 is 0 Å². The van der Waals surface area contributed by atoms with Crippen LogP contribution in [0.4, 0.5) is 0 Å². The summed E-state index contributed by atoms with van der Waals surface area (Å²) in [5.41, 5.74) is 5.33. The van der Waals surface area contributed by atoms with Gasteiger partial charge in [-0.3, -0.25) is 0 Å². The van der Waals surface area contributed by atoms with Crippen LogP contribution in [0.1, 0.15) is 53.9 Å². The van der Waals surface area contributed by atoms with E-state index in [0.717, 1.165) is 25.8 Å². The molecule has 3 aromatic carbocycles. The highest BCUT2D eigenvalue weighted by Crippen LogP contribution is 2.41. The first-order chi connectivity index (χ1) is 13.7. The van der Waals surface area contributed by atoms with Crippen LogP contribution in [0.5, 0.6) is 5.75 Å². The fraction of sp³-hybridized carbons (Fsp3) is 0.308. The van der Waals surface area contributed by atoms with E-state index in [2.05, 4.69) is 79.0 Å². The van der Waals surface area contributed by atoms with Gasteiger partial charge in [-0.2, -0.15) is 0 Å². The SMILES string of the molecule is CCC(c1ccccc1)C(c1ccc(O)cc1)c1ccc(CCCNC)cc1. The van der Waals surface area contributed by atoms with E-state index in [1.165, 1.54) is 22.3 Å². The number of hydrogen-bond donors (Lipinski definition) is 2. The molecule has 0 aromatic heterocycles. The predicted octanol–water partition coefficient (Wildman–Crippen LogP) is 5.87. The van der Waals surface area contributed by atoms with E-state index >= 15 is 0 Å². The van der Waals surface area contributed by atoms with Crippen molar-refractivity contribution in [2.45, 2.75) is 38.0 Å². The monoisotopic (exact) mass is 373 g/mol. The fourth-order valence-electron chi connectivity index (χ4n) is 4.06. The van der Waals surface area contributed by atoms with Crippen molar-refractivity contribution in [1.29, 1.82) is 0 Å². The quantitative estimate of drug-likeness (QED) is 0.460. The summed E-state index contributed by atoms with van der Waals surface area (Å²) in [7, 11) is 2.00. The molecular formula is C26H31NO. The Morgan fingerprint density at radius 1 is 0.786 bits per heavy atom. The average Bonchev–Trinajstić information content (AvgIpc) is 2.74. The molecule has 2 nitrogen and oxygen atoms in total. The molecule has 2 heteroatoms. The lowest BCUT2D eigenvalue weighted by Crippen LogP contribution is -2.13. The highest BCUT2D eigenvalue weighted by Gasteiger charge is 2.25. The van der Waals surface area contributed by atoms with Gasteiger partial charge < -0.3 is 10.4 Å². The Bertz CT molecular complexity index is 825. The number of benzene rings is 3. The number of aromatic hydroxyl groups is 1. The van der Waals surface area contributed by atoms with Crippen molar-refractivity contribution in [1.82, 2.24) is 5.32 Å². The summed E-state index contributed by atoms with van der Waals surface area (Å²) in [6.45, 7) is 3.31. The number of hydrogen-bond acceptors (Lipinski definition) is 2. The molecule has 3 aromatic rings. The molecule has 28 heavy (non-hydrogen) atoms. The standard InChI is InChI=1S/C26H31NO/c1-3-25(21-9-5-4-6-10-21)26(23-15-17-24(28)18-16-23)22-13-11-20(12-14-22)8-7-19-27-2/h4-6,9-18,25-28H,3,7-8,19H2,1-2H3. The van der Waals surface area contributed by atoms with Gasteiger partial charge in [-0.25, -0.2) is 0 Å². The molecule has 0 aliphatic carbocycles. The summed E-state index contributed by atoms with van der Waals surface area (Å²) in [5.74, 6) is 0.968. The fourth-order valence-corrected chi connectivity index (χ4v) is 4.06. The molecule has 0 aliphatic rings. The Morgan fingerprint density at radius 2 is 1.39 bits per heavy atom. The second-order valence-corrected chi connectivity index (χ2v) is 7.44. The molecule has 0 saturated heterocycles. The summed E-state index contributed by atoms with van der Waals surface area (Å²) in [6, 6.07) is 27.6. The Balaban J connectivity index is 1.95. The third kappa shape index (κ3) is 5.02. The minimum atomic E-state index is 0.263. The molecule has 0 heterocycles. The Kier molecular flexibility index (Phi) is 7.27. The molecule has 2 unspecified atom stereocenters. The third-order valence-electron chi connectivity index (χ3n) is 5.55. The molecule has 0 saturated carbocycles. The van der Waals surface area contributed by atoms with Gasteiger partial charge in [-0.05, 0) is 73.2 Å². The molecule has 3 rings (SSSR count). The molecule has 0 radical (unpaired) electrons. The summed E-state index contributed by atoms with van der Waals surface area (Å²) in [5, 5.41) is 13.0. The van der Waals surface area contributed by atoms with Gasteiger partial charge in [-0.15, -0.1) is 0 Å².